The van der Waals surface area contributed by atoms with Crippen LogP contribution in [0.2, 0.25) is 0 Å². The van der Waals surface area contributed by atoms with Gasteiger partial charge < -0.3 is 5.11 Å². The fraction of sp³-hybridized carbons (Fsp3) is 0.769. The molecule has 0 amide bonds. The zero-order valence-electron chi connectivity index (χ0n) is 11.1. The van der Waals surface area contributed by atoms with Crippen LogP contribution in [0.5, 0.6) is 0 Å². The van der Waals surface area contributed by atoms with Crippen molar-refractivity contribution in [2.75, 3.05) is 0 Å². The molecule has 0 saturated carbocycles. The van der Waals surface area contributed by atoms with Crippen molar-refractivity contribution in [3.8, 4) is 0 Å². The van der Waals surface area contributed by atoms with Crippen LogP contribution in [0.1, 0.15) is 52.2 Å². The normalized spacial score (nSPS) is 16.1. The Labute approximate surface area is 98.5 Å². The van der Waals surface area contributed by atoms with E-state index in [0.717, 1.165) is 18.4 Å². The molecule has 0 spiro atoms. The van der Waals surface area contributed by atoms with Crippen LogP contribution < -0.4 is 0 Å². The van der Waals surface area contributed by atoms with Crippen LogP contribution in [0, 0.1) is 11.3 Å². The van der Waals surface area contributed by atoms with E-state index in [4.69, 9.17) is 0 Å². The highest BCUT2D eigenvalue weighted by Crippen LogP contribution is 2.30. The molecule has 0 aliphatic carbocycles. The van der Waals surface area contributed by atoms with Gasteiger partial charge in [-0.3, -0.25) is 4.68 Å². The van der Waals surface area contributed by atoms with E-state index < -0.39 is 0 Å². The molecule has 1 N–H and O–H groups in total. The fourth-order valence-electron chi connectivity index (χ4n) is 2.26. The molecule has 1 aromatic heterocycles. The third-order valence-corrected chi connectivity index (χ3v) is 2.70. The summed E-state index contributed by atoms with van der Waals surface area (Å²) in [5.74, 6) is 0.523. The zero-order valence-corrected chi connectivity index (χ0v) is 11.1. The lowest BCUT2D eigenvalue weighted by molar-refractivity contribution is 0.134. The van der Waals surface area contributed by atoms with Crippen molar-refractivity contribution in [3.05, 3.63) is 18.0 Å². The van der Waals surface area contributed by atoms with Crippen LogP contribution in [0.25, 0.3) is 0 Å². The SMILES string of the molecule is CC(CC(O)c1cnn(C)c1)CC(C)(C)C. The molecule has 16 heavy (non-hydrogen) atoms. The predicted molar refractivity (Wildman–Crippen MR) is 66.0 cm³/mol. The monoisotopic (exact) mass is 224 g/mol. The number of hydrogen-bond donors (Lipinski definition) is 1. The third kappa shape index (κ3) is 4.35. The summed E-state index contributed by atoms with van der Waals surface area (Å²) >= 11 is 0. The largest absolute Gasteiger partial charge is 0.388 e. The minimum atomic E-state index is -0.383. The van der Waals surface area contributed by atoms with Crippen molar-refractivity contribution >= 4 is 0 Å². The first kappa shape index (κ1) is 13.2. The Morgan fingerprint density at radius 1 is 1.44 bits per heavy atom. The summed E-state index contributed by atoms with van der Waals surface area (Å²) in [4.78, 5) is 0. The van der Waals surface area contributed by atoms with Gasteiger partial charge in [0.05, 0.1) is 12.3 Å². The lowest BCUT2D eigenvalue weighted by atomic mass is 9.83. The van der Waals surface area contributed by atoms with Gasteiger partial charge in [-0.15, -0.1) is 0 Å². The van der Waals surface area contributed by atoms with Gasteiger partial charge in [-0.2, -0.15) is 5.10 Å². The van der Waals surface area contributed by atoms with E-state index in [1.807, 2.05) is 13.2 Å². The maximum Gasteiger partial charge on any atom is 0.0823 e. The lowest BCUT2D eigenvalue weighted by Crippen LogP contribution is -2.13. The molecule has 0 aliphatic heterocycles. The third-order valence-electron chi connectivity index (χ3n) is 2.70. The van der Waals surface area contributed by atoms with E-state index in [2.05, 4.69) is 32.8 Å². The Morgan fingerprint density at radius 2 is 2.06 bits per heavy atom. The van der Waals surface area contributed by atoms with Crippen molar-refractivity contribution in [1.82, 2.24) is 9.78 Å². The molecule has 0 fully saturated rings. The van der Waals surface area contributed by atoms with Gasteiger partial charge in [0.25, 0.3) is 0 Å². The number of rotatable bonds is 4. The molecule has 0 radical (unpaired) electrons. The first-order valence-electron chi connectivity index (χ1n) is 5.94. The van der Waals surface area contributed by atoms with Gasteiger partial charge in [0, 0.05) is 18.8 Å². The van der Waals surface area contributed by atoms with E-state index in [1.165, 1.54) is 0 Å². The van der Waals surface area contributed by atoms with Crippen LogP contribution in [0.4, 0.5) is 0 Å². The summed E-state index contributed by atoms with van der Waals surface area (Å²) in [6.07, 6.45) is 5.18. The van der Waals surface area contributed by atoms with Crippen LogP contribution in [0.15, 0.2) is 12.4 Å². The minimum absolute atomic E-state index is 0.327. The number of aryl methyl sites for hydroxylation is 1. The van der Waals surface area contributed by atoms with Crippen molar-refractivity contribution in [1.29, 1.82) is 0 Å². The van der Waals surface area contributed by atoms with Gasteiger partial charge in [0.2, 0.25) is 0 Å². The molecule has 2 unspecified atom stereocenters. The van der Waals surface area contributed by atoms with Crippen LogP contribution in [-0.4, -0.2) is 14.9 Å². The molecular weight excluding hydrogens is 200 g/mol. The molecule has 3 nitrogen and oxygen atoms in total. The second kappa shape index (κ2) is 5.00. The Morgan fingerprint density at radius 3 is 2.50 bits per heavy atom. The average Bonchev–Trinajstić information content (AvgIpc) is 2.47. The molecule has 1 heterocycles. The second-order valence-corrected chi connectivity index (χ2v) is 6.07. The van der Waals surface area contributed by atoms with Crippen molar-refractivity contribution in [2.24, 2.45) is 18.4 Å². The zero-order chi connectivity index (χ0) is 12.3. The number of aliphatic hydroxyl groups is 1. The van der Waals surface area contributed by atoms with Crippen LogP contribution >= 0.6 is 0 Å². The average molecular weight is 224 g/mol. The van der Waals surface area contributed by atoms with Gasteiger partial charge >= 0.3 is 0 Å². The molecule has 1 aromatic rings. The van der Waals surface area contributed by atoms with Crippen LogP contribution in [0.3, 0.4) is 0 Å². The molecule has 2 atom stereocenters. The summed E-state index contributed by atoms with van der Waals surface area (Å²) < 4.78 is 1.73. The standard InChI is InChI=1S/C13H24N2O/c1-10(7-13(2,3)4)6-12(16)11-8-14-15(5)9-11/h8-10,12,16H,6-7H2,1-5H3. The molecule has 3 heteroatoms. The Balaban J connectivity index is 2.48. The summed E-state index contributed by atoms with van der Waals surface area (Å²) in [6, 6.07) is 0. The molecule has 0 bridgehead atoms. The molecule has 0 aliphatic rings. The molecule has 92 valence electrons. The summed E-state index contributed by atoms with van der Waals surface area (Å²) in [7, 11) is 1.87. The van der Waals surface area contributed by atoms with E-state index in [9.17, 15) is 5.11 Å². The molecule has 0 aromatic carbocycles. The van der Waals surface area contributed by atoms with Crippen LogP contribution in [-0.2, 0) is 7.05 Å². The molecular formula is C13H24N2O. The van der Waals surface area contributed by atoms with E-state index in [-0.39, 0.29) is 6.10 Å². The van der Waals surface area contributed by atoms with Gasteiger partial charge in [-0.25, -0.2) is 0 Å². The quantitative estimate of drug-likeness (QED) is 0.854. The Hall–Kier alpha value is -0.830. The summed E-state index contributed by atoms with van der Waals surface area (Å²) in [5.41, 5.74) is 1.25. The Bertz CT molecular complexity index is 325. The lowest BCUT2D eigenvalue weighted by Gasteiger charge is -2.24. The smallest absolute Gasteiger partial charge is 0.0823 e. The highest BCUT2D eigenvalue weighted by atomic mass is 16.3. The van der Waals surface area contributed by atoms with E-state index in [1.54, 1.807) is 10.9 Å². The van der Waals surface area contributed by atoms with E-state index >= 15 is 0 Å². The molecule has 0 saturated heterocycles. The second-order valence-electron chi connectivity index (χ2n) is 6.07. The topological polar surface area (TPSA) is 38.1 Å². The maximum absolute atomic E-state index is 10.0. The van der Waals surface area contributed by atoms with Crippen molar-refractivity contribution in [3.63, 3.8) is 0 Å². The number of nitrogens with zero attached hydrogens (tertiary/aromatic N) is 2. The van der Waals surface area contributed by atoms with Crippen molar-refractivity contribution < 1.29 is 5.11 Å². The van der Waals surface area contributed by atoms with Crippen molar-refractivity contribution in [2.45, 2.75) is 46.6 Å². The van der Waals surface area contributed by atoms with Gasteiger partial charge in [0.15, 0.2) is 0 Å². The minimum Gasteiger partial charge on any atom is -0.388 e. The summed E-state index contributed by atoms with van der Waals surface area (Å²) in [5, 5.41) is 14.1. The van der Waals surface area contributed by atoms with E-state index in [0.29, 0.717) is 11.3 Å². The number of aromatic nitrogens is 2. The Kier molecular flexibility index (Phi) is 4.14. The van der Waals surface area contributed by atoms with Gasteiger partial charge in [-0.1, -0.05) is 27.7 Å². The van der Waals surface area contributed by atoms with Gasteiger partial charge in [0.1, 0.15) is 0 Å². The maximum atomic E-state index is 10.0. The first-order chi connectivity index (χ1) is 7.28. The first-order valence-corrected chi connectivity index (χ1v) is 5.94. The summed E-state index contributed by atoms with van der Waals surface area (Å²) in [6.45, 7) is 8.91. The highest BCUT2D eigenvalue weighted by molar-refractivity contribution is 5.07. The fourth-order valence-corrected chi connectivity index (χ4v) is 2.26. The predicted octanol–water partition coefficient (Wildman–Crippen LogP) is 2.92. The number of hydrogen-bond acceptors (Lipinski definition) is 2. The number of aliphatic hydroxyl groups excluding tert-OH is 1. The van der Waals surface area contributed by atoms with Gasteiger partial charge in [-0.05, 0) is 24.2 Å². The molecule has 1 rings (SSSR count). The highest BCUT2D eigenvalue weighted by Gasteiger charge is 2.19.